The summed E-state index contributed by atoms with van der Waals surface area (Å²) in [5, 5.41) is 3.24. The third kappa shape index (κ3) is 5.05. The first-order valence-electron chi connectivity index (χ1n) is 8.59. The van der Waals surface area contributed by atoms with Gasteiger partial charge in [-0.25, -0.2) is 13.4 Å². The Bertz CT molecular complexity index is 1030. The fraction of sp³-hybridized carbons (Fsp3) is 0.263. The molecule has 142 valence electrons. The molecule has 0 aliphatic heterocycles. The van der Waals surface area contributed by atoms with Crippen LogP contribution < -0.4 is 10.1 Å². The Morgan fingerprint density at radius 3 is 2.70 bits per heavy atom. The number of thiazole rings is 1. The van der Waals surface area contributed by atoms with Gasteiger partial charge in [-0.05, 0) is 43.7 Å². The quantitative estimate of drug-likeness (QED) is 0.616. The highest BCUT2D eigenvalue weighted by Gasteiger charge is 2.15. The molecule has 0 saturated carbocycles. The average Bonchev–Trinajstić information content (AvgIpc) is 3.04. The van der Waals surface area contributed by atoms with Gasteiger partial charge in [0, 0.05) is 6.42 Å². The summed E-state index contributed by atoms with van der Waals surface area (Å²) in [5.41, 5.74) is 0.783. The maximum Gasteiger partial charge on any atom is 0.226 e. The predicted molar refractivity (Wildman–Crippen MR) is 107 cm³/mol. The molecule has 27 heavy (non-hydrogen) atoms. The first-order valence-corrected chi connectivity index (χ1v) is 11.1. The van der Waals surface area contributed by atoms with E-state index in [1.54, 1.807) is 30.3 Å². The number of fused-ring (bicyclic) bond motifs is 1. The van der Waals surface area contributed by atoms with Crippen LogP contribution in [0.1, 0.15) is 19.8 Å². The molecule has 3 aromatic rings. The van der Waals surface area contributed by atoms with E-state index < -0.39 is 9.84 Å². The molecular formula is C19H20N2O4S2. The molecule has 0 spiro atoms. The van der Waals surface area contributed by atoms with Crippen molar-refractivity contribution >= 4 is 42.4 Å². The van der Waals surface area contributed by atoms with E-state index in [1.807, 2.05) is 25.1 Å². The number of nitrogens with one attached hydrogen (secondary N) is 1. The number of anilines is 1. The van der Waals surface area contributed by atoms with Crippen LogP contribution in [0.15, 0.2) is 53.4 Å². The van der Waals surface area contributed by atoms with Gasteiger partial charge in [0.15, 0.2) is 15.0 Å². The van der Waals surface area contributed by atoms with Crippen molar-refractivity contribution in [2.75, 3.05) is 17.7 Å². The average molecular weight is 405 g/mol. The summed E-state index contributed by atoms with van der Waals surface area (Å²) in [6.07, 6.45) is 0.370. The number of nitrogens with zero attached hydrogens (tertiary/aromatic N) is 1. The zero-order valence-electron chi connectivity index (χ0n) is 14.8. The van der Waals surface area contributed by atoms with Crippen molar-refractivity contribution in [3.05, 3.63) is 48.5 Å². The second-order valence-corrected chi connectivity index (χ2v) is 9.01. The standard InChI is InChI=1S/C19H20N2O4S2/c1-2-25-14-10-11-16-17(13-14)26-19(20-16)21-18(22)9-6-12-27(23,24)15-7-4-3-5-8-15/h3-5,7-8,10-11,13H,2,6,9,12H2,1H3,(H,20,21,22). The van der Waals surface area contributed by atoms with Crippen molar-refractivity contribution in [3.63, 3.8) is 0 Å². The predicted octanol–water partition coefficient (Wildman–Crippen LogP) is 3.89. The van der Waals surface area contributed by atoms with E-state index >= 15 is 0 Å². The van der Waals surface area contributed by atoms with Gasteiger partial charge in [-0.2, -0.15) is 0 Å². The Morgan fingerprint density at radius 1 is 1.19 bits per heavy atom. The molecule has 1 aromatic heterocycles. The Hall–Kier alpha value is -2.45. The molecule has 8 heteroatoms. The van der Waals surface area contributed by atoms with Gasteiger partial charge in [0.1, 0.15) is 5.75 Å². The van der Waals surface area contributed by atoms with Crippen LogP contribution in [0.3, 0.4) is 0 Å². The normalized spacial score (nSPS) is 11.4. The Labute approximate surface area is 162 Å². The smallest absolute Gasteiger partial charge is 0.226 e. The highest BCUT2D eigenvalue weighted by molar-refractivity contribution is 7.91. The second-order valence-electron chi connectivity index (χ2n) is 5.87. The minimum atomic E-state index is -3.37. The molecule has 1 N–H and O–H groups in total. The Kier molecular flexibility index (Phi) is 6.08. The van der Waals surface area contributed by atoms with Crippen LogP contribution in [0.5, 0.6) is 5.75 Å². The van der Waals surface area contributed by atoms with E-state index in [-0.39, 0.29) is 29.4 Å². The number of amides is 1. The van der Waals surface area contributed by atoms with Crippen molar-refractivity contribution in [2.24, 2.45) is 0 Å². The molecule has 0 unspecified atom stereocenters. The lowest BCUT2D eigenvalue weighted by Gasteiger charge is -2.04. The number of hydrogen-bond acceptors (Lipinski definition) is 6. The zero-order valence-corrected chi connectivity index (χ0v) is 16.5. The van der Waals surface area contributed by atoms with Crippen LogP contribution in [0.2, 0.25) is 0 Å². The first kappa shape index (κ1) is 19.3. The third-order valence-corrected chi connectivity index (χ3v) is 6.59. The van der Waals surface area contributed by atoms with Crippen molar-refractivity contribution in [1.82, 2.24) is 4.98 Å². The van der Waals surface area contributed by atoms with Crippen molar-refractivity contribution < 1.29 is 17.9 Å². The molecule has 0 fully saturated rings. The van der Waals surface area contributed by atoms with E-state index in [0.717, 1.165) is 16.0 Å². The van der Waals surface area contributed by atoms with E-state index in [1.165, 1.54) is 11.3 Å². The maximum absolute atomic E-state index is 12.2. The summed E-state index contributed by atoms with van der Waals surface area (Å²) in [4.78, 5) is 16.8. The van der Waals surface area contributed by atoms with Gasteiger partial charge in [-0.3, -0.25) is 4.79 Å². The number of hydrogen-bond donors (Lipinski definition) is 1. The van der Waals surface area contributed by atoms with Gasteiger partial charge in [-0.1, -0.05) is 29.5 Å². The third-order valence-electron chi connectivity index (χ3n) is 3.84. The van der Waals surface area contributed by atoms with Gasteiger partial charge in [0.05, 0.1) is 27.5 Å². The lowest BCUT2D eigenvalue weighted by Crippen LogP contribution is -2.14. The molecule has 2 aromatic carbocycles. The summed E-state index contributed by atoms with van der Waals surface area (Å²) in [7, 11) is -3.37. The van der Waals surface area contributed by atoms with E-state index in [9.17, 15) is 13.2 Å². The van der Waals surface area contributed by atoms with Crippen molar-refractivity contribution in [1.29, 1.82) is 0 Å². The summed E-state index contributed by atoms with van der Waals surface area (Å²) in [5.74, 6) is 0.446. The highest BCUT2D eigenvalue weighted by Crippen LogP contribution is 2.29. The van der Waals surface area contributed by atoms with Gasteiger partial charge in [-0.15, -0.1) is 0 Å². The maximum atomic E-state index is 12.2. The zero-order chi connectivity index (χ0) is 19.3. The minimum Gasteiger partial charge on any atom is -0.494 e. The fourth-order valence-electron chi connectivity index (χ4n) is 2.57. The van der Waals surface area contributed by atoms with Crippen LogP contribution in [-0.2, 0) is 14.6 Å². The Morgan fingerprint density at radius 2 is 1.96 bits per heavy atom. The number of carbonyl (C=O) groups excluding carboxylic acids is 1. The van der Waals surface area contributed by atoms with E-state index in [4.69, 9.17) is 4.74 Å². The number of sulfone groups is 1. The molecular weight excluding hydrogens is 384 g/mol. The lowest BCUT2D eigenvalue weighted by molar-refractivity contribution is -0.116. The number of rotatable bonds is 8. The van der Waals surface area contributed by atoms with Crippen molar-refractivity contribution in [2.45, 2.75) is 24.7 Å². The second kappa shape index (κ2) is 8.49. The SMILES string of the molecule is CCOc1ccc2nc(NC(=O)CCCS(=O)(=O)c3ccccc3)sc2c1. The Balaban J connectivity index is 1.55. The number of ether oxygens (including phenoxy) is 1. The topological polar surface area (TPSA) is 85.4 Å². The van der Waals surface area contributed by atoms with Gasteiger partial charge in [0.2, 0.25) is 5.91 Å². The molecule has 0 bridgehead atoms. The molecule has 0 aliphatic carbocycles. The van der Waals surface area contributed by atoms with Crippen LogP contribution in [-0.4, -0.2) is 31.7 Å². The summed E-state index contributed by atoms with van der Waals surface area (Å²) in [6.45, 7) is 2.50. The van der Waals surface area contributed by atoms with Gasteiger partial charge >= 0.3 is 0 Å². The molecule has 0 atom stereocenters. The molecule has 0 aliphatic rings. The highest BCUT2D eigenvalue weighted by atomic mass is 32.2. The lowest BCUT2D eigenvalue weighted by atomic mass is 10.3. The molecule has 0 radical (unpaired) electrons. The van der Waals surface area contributed by atoms with Gasteiger partial charge < -0.3 is 10.1 Å². The number of benzene rings is 2. The number of carbonyl (C=O) groups is 1. The van der Waals surface area contributed by atoms with Crippen LogP contribution in [0, 0.1) is 0 Å². The summed E-state index contributed by atoms with van der Waals surface area (Å²) >= 11 is 1.36. The molecule has 1 amide bonds. The van der Waals surface area contributed by atoms with Crippen molar-refractivity contribution in [3.8, 4) is 5.75 Å². The summed E-state index contributed by atoms with van der Waals surface area (Å²) < 4.78 is 30.8. The fourth-order valence-corrected chi connectivity index (χ4v) is 4.81. The van der Waals surface area contributed by atoms with Crippen LogP contribution in [0.4, 0.5) is 5.13 Å². The van der Waals surface area contributed by atoms with Crippen LogP contribution >= 0.6 is 11.3 Å². The monoisotopic (exact) mass is 404 g/mol. The summed E-state index contributed by atoms with van der Waals surface area (Å²) in [6, 6.07) is 13.8. The molecule has 3 rings (SSSR count). The number of aromatic nitrogens is 1. The van der Waals surface area contributed by atoms with E-state index in [0.29, 0.717) is 11.7 Å². The van der Waals surface area contributed by atoms with Crippen LogP contribution in [0.25, 0.3) is 10.2 Å². The van der Waals surface area contributed by atoms with Gasteiger partial charge in [0.25, 0.3) is 0 Å². The van der Waals surface area contributed by atoms with E-state index in [2.05, 4.69) is 10.3 Å². The molecule has 0 saturated heterocycles. The largest absolute Gasteiger partial charge is 0.494 e. The molecule has 6 nitrogen and oxygen atoms in total. The minimum absolute atomic E-state index is 0.0675. The molecule has 1 heterocycles. The first-order chi connectivity index (χ1) is 13.0.